The fourth-order valence-electron chi connectivity index (χ4n) is 2.99. The minimum absolute atomic E-state index is 0.111. The molecule has 1 N–H and O–H groups in total. The van der Waals surface area contributed by atoms with E-state index in [1.165, 1.54) is 4.88 Å². The molecule has 0 bridgehead atoms. The van der Waals surface area contributed by atoms with Gasteiger partial charge in [-0.3, -0.25) is 4.79 Å². The van der Waals surface area contributed by atoms with E-state index in [0.717, 1.165) is 22.9 Å². The maximum absolute atomic E-state index is 12.8. The topological polar surface area (TPSA) is 51.2 Å². The second-order valence-corrected chi connectivity index (χ2v) is 7.42. The summed E-state index contributed by atoms with van der Waals surface area (Å²) in [5, 5.41) is 5.88. The summed E-state index contributed by atoms with van der Waals surface area (Å²) >= 11 is 1.70. The van der Waals surface area contributed by atoms with Crippen molar-refractivity contribution in [2.45, 2.75) is 13.0 Å². The molecule has 0 aliphatic rings. The van der Waals surface area contributed by atoms with Crippen LogP contribution in [0.5, 0.6) is 5.88 Å². The molecule has 2 heterocycles. The SMILES string of the molecule is O=C(NCCc1cccs1)c1cc(OCc2ccccc2)nc2ccccc12. The number of amides is 1. The van der Waals surface area contributed by atoms with E-state index in [1.54, 1.807) is 17.4 Å². The van der Waals surface area contributed by atoms with Crippen LogP contribution in [0.2, 0.25) is 0 Å². The molecule has 2 aromatic heterocycles. The van der Waals surface area contributed by atoms with E-state index in [1.807, 2.05) is 66.0 Å². The number of aromatic nitrogens is 1. The first-order chi connectivity index (χ1) is 13.8. The number of nitrogens with one attached hydrogen (secondary N) is 1. The van der Waals surface area contributed by atoms with Crippen LogP contribution >= 0.6 is 11.3 Å². The molecule has 0 radical (unpaired) electrons. The molecule has 5 heteroatoms. The van der Waals surface area contributed by atoms with Gasteiger partial charge in [-0.1, -0.05) is 54.6 Å². The molecular weight excluding hydrogens is 368 g/mol. The van der Waals surface area contributed by atoms with Gasteiger partial charge in [0.25, 0.3) is 5.91 Å². The summed E-state index contributed by atoms with van der Waals surface area (Å²) in [4.78, 5) is 18.6. The molecule has 28 heavy (non-hydrogen) atoms. The number of benzene rings is 2. The maximum Gasteiger partial charge on any atom is 0.252 e. The number of rotatable bonds is 7. The summed E-state index contributed by atoms with van der Waals surface area (Å²) in [7, 11) is 0. The highest BCUT2D eigenvalue weighted by Crippen LogP contribution is 2.23. The van der Waals surface area contributed by atoms with Gasteiger partial charge in [0.2, 0.25) is 5.88 Å². The highest BCUT2D eigenvalue weighted by Gasteiger charge is 2.13. The largest absolute Gasteiger partial charge is 0.473 e. The van der Waals surface area contributed by atoms with Crippen LogP contribution in [0, 0.1) is 0 Å². The fraction of sp³-hybridized carbons (Fsp3) is 0.130. The molecule has 0 atom stereocenters. The molecule has 1 amide bonds. The van der Waals surface area contributed by atoms with Crippen LogP contribution in [-0.4, -0.2) is 17.4 Å². The first-order valence-electron chi connectivity index (χ1n) is 9.17. The normalized spacial score (nSPS) is 10.7. The lowest BCUT2D eigenvalue weighted by Gasteiger charge is -2.11. The first-order valence-corrected chi connectivity index (χ1v) is 10.0. The lowest BCUT2D eigenvalue weighted by atomic mass is 10.1. The summed E-state index contributed by atoms with van der Waals surface area (Å²) in [5.74, 6) is 0.339. The van der Waals surface area contributed by atoms with Crippen molar-refractivity contribution in [3.05, 3.63) is 94.2 Å². The molecule has 0 saturated carbocycles. The molecule has 0 aliphatic carbocycles. The number of carbonyl (C=O) groups is 1. The van der Waals surface area contributed by atoms with Gasteiger partial charge in [-0.2, -0.15) is 0 Å². The van der Waals surface area contributed by atoms with Crippen LogP contribution in [0.3, 0.4) is 0 Å². The van der Waals surface area contributed by atoms with Gasteiger partial charge in [0.1, 0.15) is 6.61 Å². The third-order valence-electron chi connectivity index (χ3n) is 4.40. The number of pyridine rings is 1. The van der Waals surface area contributed by atoms with Gasteiger partial charge in [-0.05, 0) is 29.5 Å². The number of para-hydroxylation sites is 1. The summed E-state index contributed by atoms with van der Waals surface area (Å²) in [6.07, 6.45) is 0.823. The van der Waals surface area contributed by atoms with Gasteiger partial charge in [-0.25, -0.2) is 4.98 Å². The van der Waals surface area contributed by atoms with Crippen LogP contribution in [0.15, 0.2) is 78.2 Å². The highest BCUT2D eigenvalue weighted by atomic mass is 32.1. The minimum Gasteiger partial charge on any atom is -0.473 e. The molecule has 2 aromatic carbocycles. The standard InChI is InChI=1S/C23H20N2O2S/c26-23(24-13-12-18-9-6-14-28-18)20-15-22(25-21-11-5-4-10-19(20)21)27-16-17-7-2-1-3-8-17/h1-11,14-15H,12-13,16H2,(H,24,26). The number of thiophene rings is 1. The number of nitrogens with zero attached hydrogens (tertiary/aromatic N) is 1. The Labute approximate surface area is 167 Å². The van der Waals surface area contributed by atoms with Crippen LogP contribution in [0.1, 0.15) is 20.8 Å². The first kappa shape index (κ1) is 18.2. The van der Waals surface area contributed by atoms with Crippen molar-refractivity contribution in [3.63, 3.8) is 0 Å². The zero-order chi connectivity index (χ0) is 19.2. The van der Waals surface area contributed by atoms with E-state index in [9.17, 15) is 4.79 Å². The highest BCUT2D eigenvalue weighted by molar-refractivity contribution is 7.09. The van der Waals surface area contributed by atoms with Gasteiger partial charge in [0.15, 0.2) is 0 Å². The van der Waals surface area contributed by atoms with Crippen molar-refractivity contribution in [1.82, 2.24) is 10.3 Å². The van der Waals surface area contributed by atoms with E-state index < -0.39 is 0 Å². The Morgan fingerprint density at radius 3 is 2.64 bits per heavy atom. The molecule has 4 aromatic rings. The Morgan fingerprint density at radius 1 is 1.00 bits per heavy atom. The van der Waals surface area contributed by atoms with Gasteiger partial charge >= 0.3 is 0 Å². The quantitative estimate of drug-likeness (QED) is 0.492. The lowest BCUT2D eigenvalue weighted by molar-refractivity contribution is 0.0955. The van der Waals surface area contributed by atoms with E-state index in [2.05, 4.69) is 16.4 Å². The molecule has 0 saturated heterocycles. The van der Waals surface area contributed by atoms with Crippen LogP contribution < -0.4 is 10.1 Å². The molecule has 0 fully saturated rings. The molecule has 0 aliphatic heterocycles. The van der Waals surface area contributed by atoms with Crippen molar-refractivity contribution in [1.29, 1.82) is 0 Å². The van der Waals surface area contributed by atoms with Crippen LogP contribution in [-0.2, 0) is 13.0 Å². The smallest absolute Gasteiger partial charge is 0.252 e. The Kier molecular flexibility index (Phi) is 5.64. The number of hydrogen-bond acceptors (Lipinski definition) is 4. The Hall–Kier alpha value is -3.18. The molecular formula is C23H20N2O2S. The summed E-state index contributed by atoms with van der Waals surface area (Å²) < 4.78 is 5.86. The average Bonchev–Trinajstić information content (AvgIpc) is 3.26. The lowest BCUT2D eigenvalue weighted by Crippen LogP contribution is -2.25. The number of hydrogen-bond donors (Lipinski definition) is 1. The van der Waals surface area contributed by atoms with Crippen molar-refractivity contribution >= 4 is 28.1 Å². The number of fused-ring (bicyclic) bond motifs is 1. The van der Waals surface area contributed by atoms with Crippen molar-refractivity contribution < 1.29 is 9.53 Å². The number of ether oxygens (including phenoxy) is 1. The Balaban J connectivity index is 1.52. The van der Waals surface area contributed by atoms with Gasteiger partial charge < -0.3 is 10.1 Å². The van der Waals surface area contributed by atoms with Gasteiger partial charge in [0.05, 0.1) is 11.1 Å². The summed E-state index contributed by atoms with van der Waals surface area (Å²) in [5.41, 5.74) is 2.38. The minimum atomic E-state index is -0.111. The average molecular weight is 388 g/mol. The second-order valence-electron chi connectivity index (χ2n) is 6.38. The van der Waals surface area contributed by atoms with Crippen molar-refractivity contribution in [3.8, 4) is 5.88 Å². The Bertz CT molecular complexity index is 1060. The van der Waals surface area contributed by atoms with Gasteiger partial charge in [-0.15, -0.1) is 11.3 Å². The number of carbonyl (C=O) groups excluding carboxylic acids is 1. The van der Waals surface area contributed by atoms with E-state index in [0.29, 0.717) is 24.6 Å². The predicted octanol–water partition coefficient (Wildman–Crippen LogP) is 4.85. The van der Waals surface area contributed by atoms with Gasteiger partial charge in [0, 0.05) is 22.9 Å². The third-order valence-corrected chi connectivity index (χ3v) is 5.34. The Morgan fingerprint density at radius 2 is 1.82 bits per heavy atom. The zero-order valence-corrected chi connectivity index (χ0v) is 16.1. The molecule has 0 spiro atoms. The van der Waals surface area contributed by atoms with Crippen molar-refractivity contribution in [2.75, 3.05) is 6.54 Å². The molecule has 4 nitrogen and oxygen atoms in total. The van der Waals surface area contributed by atoms with Crippen LogP contribution in [0.25, 0.3) is 10.9 Å². The monoisotopic (exact) mass is 388 g/mol. The summed E-state index contributed by atoms with van der Waals surface area (Å²) in [6.45, 7) is 1.00. The van der Waals surface area contributed by atoms with E-state index >= 15 is 0 Å². The molecule has 0 unspecified atom stereocenters. The predicted molar refractivity (Wildman–Crippen MR) is 113 cm³/mol. The molecule has 140 valence electrons. The van der Waals surface area contributed by atoms with E-state index in [-0.39, 0.29) is 5.91 Å². The second kappa shape index (κ2) is 8.67. The third kappa shape index (κ3) is 4.38. The summed E-state index contributed by atoms with van der Waals surface area (Å²) in [6, 6.07) is 23.4. The molecule has 4 rings (SSSR count). The maximum atomic E-state index is 12.8. The van der Waals surface area contributed by atoms with E-state index in [4.69, 9.17) is 4.74 Å². The zero-order valence-electron chi connectivity index (χ0n) is 15.3. The fourth-order valence-corrected chi connectivity index (χ4v) is 3.70. The van der Waals surface area contributed by atoms with Crippen molar-refractivity contribution in [2.24, 2.45) is 0 Å². The van der Waals surface area contributed by atoms with Crippen LogP contribution in [0.4, 0.5) is 0 Å².